The zero-order valence-corrected chi connectivity index (χ0v) is 12.0. The molecule has 0 nitrogen and oxygen atoms in total. The Balaban J connectivity index is 0.00000162. The Morgan fingerprint density at radius 2 is 1.44 bits per heavy atom. The van der Waals surface area contributed by atoms with Crippen molar-refractivity contribution in [3.63, 3.8) is 0 Å². The lowest BCUT2D eigenvalue weighted by molar-refractivity contribution is 1.50. The summed E-state index contributed by atoms with van der Waals surface area (Å²) in [6, 6.07) is 21.8. The molecule has 2 aromatic rings. The van der Waals surface area contributed by atoms with Gasteiger partial charge in [-0.25, -0.2) is 0 Å². The molecule has 2 heteroatoms. The molecule has 0 aliphatic carbocycles. The van der Waals surface area contributed by atoms with E-state index in [1.165, 1.54) is 17.4 Å². The van der Waals surface area contributed by atoms with Crippen LogP contribution in [0, 0.1) is 0 Å². The van der Waals surface area contributed by atoms with Crippen LogP contribution in [0.15, 0.2) is 60.7 Å². The summed E-state index contributed by atoms with van der Waals surface area (Å²) < 4.78 is 0. The van der Waals surface area contributed by atoms with Crippen molar-refractivity contribution in [1.29, 1.82) is 0 Å². The Morgan fingerprint density at radius 3 is 2.00 bits per heavy atom. The number of rotatable bonds is 5. The monoisotopic (exact) mass is 276 g/mol. The predicted molar refractivity (Wildman–Crippen MR) is 89.5 cm³/mol. The normalized spacial score (nSPS) is 12.3. The number of hydrogen-bond donors (Lipinski definition) is 0. The van der Waals surface area contributed by atoms with Gasteiger partial charge in [-0.3, -0.25) is 0 Å². The van der Waals surface area contributed by atoms with E-state index in [1.807, 2.05) is 0 Å². The summed E-state index contributed by atoms with van der Waals surface area (Å²) in [5.74, 6) is 1.33. The summed E-state index contributed by atoms with van der Waals surface area (Å²) in [4.78, 5) is 0. The van der Waals surface area contributed by atoms with Crippen LogP contribution in [0.3, 0.4) is 0 Å². The van der Waals surface area contributed by atoms with Crippen molar-refractivity contribution in [3.8, 4) is 0 Å². The van der Waals surface area contributed by atoms with Gasteiger partial charge in [0.1, 0.15) is 0 Å². The maximum absolute atomic E-state index is 2.31. The second kappa shape index (κ2) is 8.41. The third kappa shape index (κ3) is 4.52. The minimum Gasteiger partial charge on any atom is -0.0857 e. The van der Waals surface area contributed by atoms with Gasteiger partial charge in [0.2, 0.25) is 0 Å². The molecule has 0 aliphatic rings. The lowest BCUT2D eigenvalue weighted by atomic mass is 10.4. The zero-order chi connectivity index (χ0) is 11.9. The Kier molecular flexibility index (Phi) is 7.18. The quantitative estimate of drug-likeness (QED) is 0.709. The first-order valence-electron chi connectivity index (χ1n) is 5.99. The molecule has 0 saturated heterocycles. The molecule has 2 atom stereocenters. The van der Waals surface area contributed by atoms with E-state index < -0.39 is 0 Å². The van der Waals surface area contributed by atoms with Crippen LogP contribution in [0.1, 0.15) is 14.4 Å². The number of hydrogen-bond acceptors (Lipinski definition) is 0. The molecular weight excluding hydrogens is 254 g/mol. The van der Waals surface area contributed by atoms with Crippen LogP contribution in [-0.2, 0) is 0 Å². The first-order chi connectivity index (χ1) is 8.40. The van der Waals surface area contributed by atoms with E-state index >= 15 is 0 Å². The highest BCUT2D eigenvalue weighted by atomic mass is 31.2. The van der Waals surface area contributed by atoms with E-state index in [4.69, 9.17) is 0 Å². The third-order valence-corrected chi connectivity index (χ3v) is 7.44. The molecule has 0 aliphatic heterocycles. The van der Waals surface area contributed by atoms with Gasteiger partial charge in [0.25, 0.3) is 0 Å². The van der Waals surface area contributed by atoms with E-state index in [1.54, 1.807) is 5.30 Å². The topological polar surface area (TPSA) is 0 Å². The minimum atomic E-state index is 0. The molecule has 0 saturated carbocycles. The highest BCUT2D eigenvalue weighted by molar-refractivity contribution is 7.75. The van der Waals surface area contributed by atoms with E-state index in [2.05, 4.69) is 67.6 Å². The molecule has 18 heavy (non-hydrogen) atoms. The average Bonchev–Trinajstić information content (AvgIpc) is 2.42. The molecule has 0 heterocycles. The van der Waals surface area contributed by atoms with Gasteiger partial charge in [-0.1, -0.05) is 91.5 Å². The van der Waals surface area contributed by atoms with Gasteiger partial charge in [0.05, 0.1) is 0 Å². The Bertz CT molecular complexity index is 425. The van der Waals surface area contributed by atoms with Crippen LogP contribution >= 0.6 is 16.5 Å². The number of benzene rings is 2. The molecule has 0 spiro atoms. The fourth-order valence-corrected chi connectivity index (χ4v) is 6.27. The summed E-state index contributed by atoms with van der Waals surface area (Å²) in [5.41, 5.74) is 0. The smallest absolute Gasteiger partial charge is 0.00674 e. The molecule has 96 valence electrons. The van der Waals surface area contributed by atoms with Crippen molar-refractivity contribution in [2.45, 2.75) is 14.4 Å². The van der Waals surface area contributed by atoms with Crippen LogP contribution in [0.2, 0.25) is 0 Å². The Morgan fingerprint density at radius 1 is 0.889 bits per heavy atom. The van der Waals surface area contributed by atoms with Crippen LogP contribution in [0.4, 0.5) is 0 Å². The van der Waals surface area contributed by atoms with Crippen LogP contribution in [-0.4, -0.2) is 12.1 Å². The third-order valence-electron chi connectivity index (χ3n) is 2.75. The molecule has 2 aromatic carbocycles. The Labute approximate surface area is 114 Å². The summed E-state index contributed by atoms with van der Waals surface area (Å²) in [7, 11) is 0.981. The maximum atomic E-state index is 2.31. The van der Waals surface area contributed by atoms with E-state index in [-0.39, 0.29) is 15.3 Å². The Hall–Kier alpha value is -0.700. The summed E-state index contributed by atoms with van der Waals surface area (Å²) >= 11 is 0. The summed E-state index contributed by atoms with van der Waals surface area (Å²) in [6.45, 7) is 2.31. The molecule has 2 rings (SSSR count). The van der Waals surface area contributed by atoms with Crippen molar-refractivity contribution in [1.82, 2.24) is 0 Å². The lowest BCUT2D eigenvalue weighted by Crippen LogP contribution is -2.04. The van der Waals surface area contributed by atoms with Crippen molar-refractivity contribution in [2.24, 2.45) is 0 Å². The maximum Gasteiger partial charge on any atom is -0.00674 e. The van der Waals surface area contributed by atoms with E-state index in [9.17, 15) is 0 Å². The molecule has 0 radical (unpaired) electrons. The van der Waals surface area contributed by atoms with Gasteiger partial charge < -0.3 is 0 Å². The van der Waals surface area contributed by atoms with Crippen LogP contribution < -0.4 is 10.6 Å². The first kappa shape index (κ1) is 15.4. The van der Waals surface area contributed by atoms with Crippen LogP contribution in [0.5, 0.6) is 0 Å². The molecule has 0 N–H and O–H groups in total. The van der Waals surface area contributed by atoms with Crippen molar-refractivity contribution >= 4 is 27.1 Å². The summed E-state index contributed by atoms with van der Waals surface area (Å²) in [6.07, 6.45) is 1.29. The van der Waals surface area contributed by atoms with Gasteiger partial charge in [-0.2, -0.15) is 0 Å². The summed E-state index contributed by atoms with van der Waals surface area (Å²) in [5, 5.41) is 3.04. The first-order valence-corrected chi connectivity index (χ1v) is 8.91. The van der Waals surface area contributed by atoms with Crippen molar-refractivity contribution < 1.29 is 0 Å². The molecule has 2 unspecified atom stereocenters. The van der Waals surface area contributed by atoms with Gasteiger partial charge in [0.15, 0.2) is 0 Å². The van der Waals surface area contributed by atoms with E-state index in [0.29, 0.717) is 0 Å². The predicted octanol–water partition coefficient (Wildman–Crippen LogP) is 4.41. The molecular formula is C16H22P2. The zero-order valence-electron chi connectivity index (χ0n) is 10.1. The fourth-order valence-electron chi connectivity index (χ4n) is 1.77. The minimum absolute atomic E-state index is 0. The van der Waals surface area contributed by atoms with Crippen molar-refractivity contribution in [2.75, 3.05) is 12.1 Å². The second-order valence-electron chi connectivity index (χ2n) is 3.89. The van der Waals surface area contributed by atoms with E-state index in [0.717, 1.165) is 8.58 Å². The highest BCUT2D eigenvalue weighted by Crippen LogP contribution is 2.39. The van der Waals surface area contributed by atoms with Gasteiger partial charge >= 0.3 is 0 Å². The van der Waals surface area contributed by atoms with Gasteiger partial charge in [-0.05, 0) is 22.7 Å². The lowest BCUT2D eigenvalue weighted by Gasteiger charge is -2.15. The SMILES string of the molecule is C.CCP(CPc1ccccc1)c1ccccc1. The molecule has 0 fully saturated rings. The van der Waals surface area contributed by atoms with Crippen LogP contribution in [0.25, 0.3) is 0 Å². The highest BCUT2D eigenvalue weighted by Gasteiger charge is 2.07. The van der Waals surface area contributed by atoms with Crippen molar-refractivity contribution in [3.05, 3.63) is 60.7 Å². The standard InChI is InChI=1S/C15H18P2.CH4/c1-2-17(15-11-7-4-8-12-15)13-16-14-9-5-3-6-10-14;/h3-12,16H,2,13H2,1H3;1H4. The fraction of sp³-hybridized carbons (Fsp3) is 0.250. The largest absolute Gasteiger partial charge is 0.0857 e. The van der Waals surface area contributed by atoms with Gasteiger partial charge in [0, 0.05) is 0 Å². The average molecular weight is 276 g/mol. The second-order valence-corrected chi connectivity index (χ2v) is 8.32. The molecule has 0 aromatic heterocycles. The van der Waals surface area contributed by atoms with Gasteiger partial charge in [-0.15, -0.1) is 0 Å². The molecule has 0 bridgehead atoms. The molecule has 0 amide bonds.